The van der Waals surface area contributed by atoms with Crippen LogP contribution in [0.3, 0.4) is 0 Å². The van der Waals surface area contributed by atoms with E-state index in [1.807, 2.05) is 55.5 Å². The molecule has 6 rings (SSSR count). The number of methoxy groups -OCH3 is 1. The standard InChI is InChI=1S/C23H20N2O5/c1-11-3-7-13(8-4-11)25-22(26)15-16(23(25)27)20-21-17(19(15)29-20)18(24-30-21)12-5-9-14(28-2)10-6-12/h3-10,15-17,19-21H,1-2H3/t15-,16+,17-,19-,20+,21-/m1/s1. The molecule has 0 unspecified atom stereocenters. The Morgan fingerprint density at radius 2 is 1.53 bits per heavy atom. The van der Waals surface area contributed by atoms with Crippen LogP contribution in [0.4, 0.5) is 5.69 Å². The van der Waals surface area contributed by atoms with Crippen molar-refractivity contribution < 1.29 is 23.9 Å². The van der Waals surface area contributed by atoms with E-state index in [1.165, 1.54) is 4.90 Å². The summed E-state index contributed by atoms with van der Waals surface area (Å²) < 4.78 is 11.4. The number of carbonyl (C=O) groups excluding carboxylic acids is 2. The Bertz CT molecular complexity index is 1080. The lowest BCUT2D eigenvalue weighted by Gasteiger charge is -2.26. The maximum absolute atomic E-state index is 13.3. The number of oxime groups is 1. The maximum atomic E-state index is 13.3. The minimum Gasteiger partial charge on any atom is -0.497 e. The van der Waals surface area contributed by atoms with Crippen LogP contribution in [-0.4, -0.2) is 42.9 Å². The van der Waals surface area contributed by atoms with Crippen molar-refractivity contribution in [2.24, 2.45) is 22.9 Å². The second-order valence-electron chi connectivity index (χ2n) is 8.27. The van der Waals surface area contributed by atoms with Crippen LogP contribution in [0.25, 0.3) is 0 Å². The molecule has 0 aromatic heterocycles. The van der Waals surface area contributed by atoms with E-state index in [0.717, 1.165) is 22.6 Å². The Kier molecular flexibility index (Phi) is 3.62. The highest BCUT2D eigenvalue weighted by molar-refractivity contribution is 6.23. The van der Waals surface area contributed by atoms with Crippen LogP contribution in [0, 0.1) is 24.7 Å². The molecule has 0 saturated carbocycles. The highest BCUT2D eigenvalue weighted by Gasteiger charge is 2.72. The van der Waals surface area contributed by atoms with Gasteiger partial charge >= 0.3 is 0 Å². The second kappa shape index (κ2) is 6.15. The van der Waals surface area contributed by atoms with Gasteiger partial charge in [0, 0.05) is 5.56 Å². The number of hydrogen-bond acceptors (Lipinski definition) is 6. The molecular weight excluding hydrogens is 384 g/mol. The molecule has 0 spiro atoms. The number of benzene rings is 2. The summed E-state index contributed by atoms with van der Waals surface area (Å²) in [5, 5.41) is 4.31. The molecule has 0 aliphatic carbocycles. The van der Waals surface area contributed by atoms with Crippen molar-refractivity contribution >= 4 is 23.2 Å². The number of hydrogen-bond donors (Lipinski definition) is 0. The molecule has 4 heterocycles. The van der Waals surface area contributed by atoms with Gasteiger partial charge < -0.3 is 14.3 Å². The van der Waals surface area contributed by atoms with Crippen LogP contribution < -0.4 is 9.64 Å². The minimum atomic E-state index is -0.518. The summed E-state index contributed by atoms with van der Waals surface area (Å²) in [4.78, 5) is 33.6. The van der Waals surface area contributed by atoms with Crippen LogP contribution in [0.15, 0.2) is 53.7 Å². The molecule has 2 bridgehead atoms. The number of aryl methyl sites for hydroxylation is 1. The molecule has 30 heavy (non-hydrogen) atoms. The molecular formula is C23H20N2O5. The first kappa shape index (κ1) is 17.7. The number of carbonyl (C=O) groups is 2. The van der Waals surface area contributed by atoms with E-state index in [0.29, 0.717) is 5.69 Å². The smallest absolute Gasteiger partial charge is 0.240 e. The third kappa shape index (κ3) is 2.21. The highest BCUT2D eigenvalue weighted by Crippen LogP contribution is 2.55. The van der Waals surface area contributed by atoms with E-state index in [1.54, 1.807) is 7.11 Å². The van der Waals surface area contributed by atoms with Crippen molar-refractivity contribution in [1.29, 1.82) is 0 Å². The van der Waals surface area contributed by atoms with Gasteiger partial charge in [-0.3, -0.25) is 9.59 Å². The number of imide groups is 1. The quantitative estimate of drug-likeness (QED) is 0.734. The van der Waals surface area contributed by atoms with Crippen molar-refractivity contribution in [3.63, 3.8) is 0 Å². The van der Waals surface area contributed by atoms with Gasteiger partial charge in [0.1, 0.15) is 11.9 Å². The molecule has 152 valence electrons. The number of anilines is 1. The molecule has 7 nitrogen and oxygen atoms in total. The van der Waals surface area contributed by atoms with Crippen LogP contribution in [-0.2, 0) is 19.2 Å². The molecule has 7 heteroatoms. The van der Waals surface area contributed by atoms with Gasteiger partial charge in [-0.1, -0.05) is 22.9 Å². The Morgan fingerprint density at radius 1 is 0.867 bits per heavy atom. The predicted octanol–water partition coefficient (Wildman–Crippen LogP) is 2.31. The van der Waals surface area contributed by atoms with Gasteiger partial charge in [-0.25, -0.2) is 4.90 Å². The summed E-state index contributed by atoms with van der Waals surface area (Å²) in [5.74, 6) is -0.837. The van der Waals surface area contributed by atoms with E-state index >= 15 is 0 Å². The number of fused-ring (bicyclic) bond motifs is 8. The zero-order chi connectivity index (χ0) is 20.6. The molecule has 0 N–H and O–H groups in total. The van der Waals surface area contributed by atoms with Crippen LogP contribution in [0.2, 0.25) is 0 Å². The van der Waals surface area contributed by atoms with Crippen LogP contribution in [0.1, 0.15) is 11.1 Å². The molecule has 4 aliphatic rings. The highest BCUT2D eigenvalue weighted by atomic mass is 16.7. The molecule has 6 atom stereocenters. The summed E-state index contributed by atoms with van der Waals surface area (Å²) in [6.45, 7) is 1.97. The summed E-state index contributed by atoms with van der Waals surface area (Å²) in [6, 6.07) is 15.0. The number of amides is 2. The average Bonchev–Trinajstić information content (AvgIpc) is 3.49. The second-order valence-corrected chi connectivity index (χ2v) is 8.27. The minimum absolute atomic E-state index is 0.167. The topological polar surface area (TPSA) is 77.4 Å². The lowest BCUT2D eigenvalue weighted by Crippen LogP contribution is -2.45. The fourth-order valence-corrected chi connectivity index (χ4v) is 5.31. The SMILES string of the molecule is COc1ccc(C2=NO[C@H]3[C@H]4O[C@@H]([C@@H]23)[C@@H]2C(=O)N(c3ccc(C)cc3)C(=O)[C@H]42)cc1. The van der Waals surface area contributed by atoms with E-state index in [9.17, 15) is 9.59 Å². The lowest BCUT2D eigenvalue weighted by atomic mass is 9.71. The molecule has 3 saturated heterocycles. The fourth-order valence-electron chi connectivity index (χ4n) is 5.31. The third-order valence-corrected chi connectivity index (χ3v) is 6.72. The van der Waals surface area contributed by atoms with Gasteiger partial charge in [-0.2, -0.15) is 0 Å². The van der Waals surface area contributed by atoms with E-state index < -0.39 is 24.0 Å². The Hall–Kier alpha value is -3.19. The van der Waals surface area contributed by atoms with Crippen molar-refractivity contribution in [2.45, 2.75) is 25.2 Å². The summed E-state index contributed by atoms with van der Waals surface area (Å²) in [6.07, 6.45) is -1.22. The summed E-state index contributed by atoms with van der Waals surface area (Å²) in [7, 11) is 1.62. The first-order valence-electron chi connectivity index (χ1n) is 10.1. The largest absolute Gasteiger partial charge is 0.497 e. The Balaban J connectivity index is 1.33. The Labute approximate surface area is 173 Å². The van der Waals surface area contributed by atoms with Gasteiger partial charge in [0.25, 0.3) is 0 Å². The zero-order valence-electron chi connectivity index (χ0n) is 16.5. The van der Waals surface area contributed by atoms with Gasteiger partial charge in [0.15, 0.2) is 6.10 Å². The molecule has 2 amide bonds. The molecule has 0 radical (unpaired) electrons. The normalized spacial score (nSPS) is 33.4. The van der Waals surface area contributed by atoms with Gasteiger partial charge in [-0.05, 0) is 43.3 Å². The zero-order valence-corrected chi connectivity index (χ0v) is 16.5. The maximum Gasteiger partial charge on any atom is 0.240 e. The third-order valence-electron chi connectivity index (χ3n) is 6.72. The Morgan fingerprint density at radius 3 is 2.20 bits per heavy atom. The van der Waals surface area contributed by atoms with Crippen LogP contribution >= 0.6 is 0 Å². The molecule has 2 aromatic carbocycles. The van der Waals surface area contributed by atoms with Crippen molar-refractivity contribution in [3.8, 4) is 5.75 Å². The van der Waals surface area contributed by atoms with Crippen LogP contribution in [0.5, 0.6) is 5.75 Å². The monoisotopic (exact) mass is 404 g/mol. The van der Waals surface area contributed by atoms with Gasteiger partial charge in [0.2, 0.25) is 11.8 Å². The predicted molar refractivity (Wildman–Crippen MR) is 107 cm³/mol. The average molecular weight is 404 g/mol. The molecule has 2 aromatic rings. The van der Waals surface area contributed by atoms with E-state index in [4.69, 9.17) is 14.3 Å². The first-order valence-corrected chi connectivity index (χ1v) is 10.1. The van der Waals surface area contributed by atoms with E-state index in [-0.39, 0.29) is 23.8 Å². The first-order chi connectivity index (χ1) is 14.6. The van der Waals surface area contributed by atoms with Crippen molar-refractivity contribution in [3.05, 3.63) is 59.7 Å². The summed E-state index contributed by atoms with van der Waals surface area (Å²) in [5.41, 5.74) is 3.36. The number of nitrogens with zero attached hydrogens (tertiary/aromatic N) is 2. The number of rotatable bonds is 3. The van der Waals surface area contributed by atoms with Crippen molar-refractivity contribution in [1.82, 2.24) is 0 Å². The molecule has 4 aliphatic heterocycles. The van der Waals surface area contributed by atoms with Gasteiger partial charge in [-0.15, -0.1) is 0 Å². The fraction of sp³-hybridized carbons (Fsp3) is 0.348. The summed E-state index contributed by atoms with van der Waals surface area (Å²) >= 11 is 0. The number of ether oxygens (including phenoxy) is 2. The van der Waals surface area contributed by atoms with E-state index in [2.05, 4.69) is 5.16 Å². The molecule has 3 fully saturated rings. The van der Waals surface area contributed by atoms with Gasteiger partial charge in [0.05, 0.1) is 42.4 Å². The van der Waals surface area contributed by atoms with Crippen molar-refractivity contribution in [2.75, 3.05) is 12.0 Å². The lowest BCUT2D eigenvalue weighted by molar-refractivity contribution is -0.125.